The van der Waals surface area contributed by atoms with Gasteiger partial charge in [-0.1, -0.05) is 0 Å². The first kappa shape index (κ1) is 17.1. The van der Waals surface area contributed by atoms with E-state index in [2.05, 4.69) is 19.2 Å². The van der Waals surface area contributed by atoms with Gasteiger partial charge in [0.1, 0.15) is 5.69 Å². The van der Waals surface area contributed by atoms with Crippen molar-refractivity contribution >= 4 is 16.1 Å². The van der Waals surface area contributed by atoms with Crippen molar-refractivity contribution in [2.45, 2.75) is 18.3 Å². The van der Waals surface area contributed by atoms with Crippen LogP contribution in [0.3, 0.4) is 0 Å². The molecule has 3 rings (SSSR count). The number of fused-ring (bicyclic) bond motifs is 3. The van der Waals surface area contributed by atoms with E-state index in [4.69, 9.17) is 0 Å². The molecule has 1 aliphatic rings. The fourth-order valence-corrected chi connectivity index (χ4v) is 2.86. The number of halogens is 3. The van der Waals surface area contributed by atoms with E-state index in [1.165, 1.54) is 11.7 Å². The molecule has 2 heterocycles. The van der Waals surface area contributed by atoms with Crippen molar-refractivity contribution in [3.63, 3.8) is 0 Å². The minimum absolute atomic E-state index is 0.0473. The van der Waals surface area contributed by atoms with Crippen molar-refractivity contribution in [3.8, 4) is 17.4 Å². The molecule has 0 amide bonds. The van der Waals surface area contributed by atoms with Crippen molar-refractivity contribution in [3.05, 3.63) is 23.0 Å². The molecule has 0 aromatic carbocycles. The number of carboxylic acid groups (broad SMARTS) is 1. The standard InChI is InChI=1S/C12H9F3N4O5S/c1-19-9-6(8(18-19)10(20)21)3-2-5-4-16-11(17-7(5)9)24-25(22,23)12(13,14)15/h4H,2-3H2,1H3,(H,20,21)/p-1. The zero-order valence-electron chi connectivity index (χ0n) is 12.4. The summed E-state index contributed by atoms with van der Waals surface area (Å²) >= 11 is 0. The summed E-state index contributed by atoms with van der Waals surface area (Å²) in [5.74, 6) is -1.51. The second-order valence-corrected chi connectivity index (χ2v) is 6.63. The highest BCUT2D eigenvalue weighted by atomic mass is 32.2. The van der Waals surface area contributed by atoms with Crippen molar-refractivity contribution in [1.82, 2.24) is 19.7 Å². The Morgan fingerprint density at radius 1 is 1.36 bits per heavy atom. The van der Waals surface area contributed by atoms with Crippen LogP contribution in [0.5, 0.6) is 6.01 Å². The Labute approximate surface area is 138 Å². The summed E-state index contributed by atoms with van der Waals surface area (Å²) in [6.07, 6.45) is 1.70. The molecule has 13 heteroatoms. The first-order valence-electron chi connectivity index (χ1n) is 6.65. The van der Waals surface area contributed by atoms with Crippen LogP contribution < -0.4 is 9.29 Å². The van der Waals surface area contributed by atoms with Gasteiger partial charge in [-0.05, 0) is 18.4 Å². The van der Waals surface area contributed by atoms with Crippen LogP contribution in [0, 0.1) is 0 Å². The Kier molecular flexibility index (Phi) is 3.70. The molecule has 0 atom stereocenters. The Morgan fingerprint density at radius 3 is 2.64 bits per heavy atom. The van der Waals surface area contributed by atoms with Crippen molar-refractivity contribution in [2.75, 3.05) is 0 Å². The molecule has 0 unspecified atom stereocenters. The molecule has 0 N–H and O–H groups in total. The van der Waals surface area contributed by atoms with Gasteiger partial charge < -0.3 is 14.1 Å². The molecule has 0 aliphatic heterocycles. The van der Waals surface area contributed by atoms with Crippen LogP contribution in [0.15, 0.2) is 6.20 Å². The van der Waals surface area contributed by atoms with Gasteiger partial charge in [0.25, 0.3) is 0 Å². The van der Waals surface area contributed by atoms with E-state index in [-0.39, 0.29) is 23.5 Å². The fraction of sp³-hybridized carbons (Fsp3) is 0.333. The first-order chi connectivity index (χ1) is 11.5. The molecule has 0 fully saturated rings. The fourth-order valence-electron chi connectivity index (χ4n) is 2.49. The van der Waals surface area contributed by atoms with Gasteiger partial charge in [0.05, 0.1) is 17.4 Å². The monoisotopic (exact) mass is 377 g/mol. The first-order valence-corrected chi connectivity index (χ1v) is 8.06. The third kappa shape index (κ3) is 2.79. The summed E-state index contributed by atoms with van der Waals surface area (Å²) in [6, 6.07) is -1.03. The number of carbonyl (C=O) groups is 1. The van der Waals surface area contributed by atoms with Crippen LogP contribution in [-0.2, 0) is 30.0 Å². The minimum Gasteiger partial charge on any atom is -0.543 e. The topological polar surface area (TPSA) is 127 Å². The third-order valence-electron chi connectivity index (χ3n) is 3.52. The number of carbonyl (C=O) groups excluding carboxylic acids is 1. The molecule has 9 nitrogen and oxygen atoms in total. The van der Waals surface area contributed by atoms with Crippen LogP contribution in [-0.4, -0.2) is 39.6 Å². The molecular formula is C12H8F3N4O5S-. The van der Waals surface area contributed by atoms with Gasteiger partial charge in [-0.2, -0.15) is 31.7 Å². The van der Waals surface area contributed by atoms with E-state index >= 15 is 0 Å². The maximum Gasteiger partial charge on any atom is 0.534 e. The molecule has 0 bridgehead atoms. The highest BCUT2D eigenvalue weighted by Gasteiger charge is 2.49. The number of aromatic carboxylic acids is 1. The normalized spacial score (nSPS) is 13.9. The summed E-state index contributed by atoms with van der Waals surface area (Å²) in [4.78, 5) is 18.3. The second kappa shape index (κ2) is 5.40. The van der Waals surface area contributed by atoms with Crippen molar-refractivity contribution in [2.24, 2.45) is 7.05 Å². The molecule has 2 aromatic heterocycles. The van der Waals surface area contributed by atoms with Gasteiger partial charge in [0, 0.05) is 18.8 Å². The van der Waals surface area contributed by atoms with E-state index in [9.17, 15) is 31.5 Å². The Morgan fingerprint density at radius 2 is 2.04 bits per heavy atom. The Hall–Kier alpha value is -2.70. The summed E-state index contributed by atoms with van der Waals surface area (Å²) in [5, 5.41) is 14.9. The van der Waals surface area contributed by atoms with E-state index in [1.54, 1.807) is 0 Å². The summed E-state index contributed by atoms with van der Waals surface area (Å²) in [5.41, 5.74) is -4.91. The lowest BCUT2D eigenvalue weighted by Crippen LogP contribution is -2.29. The maximum atomic E-state index is 12.4. The van der Waals surface area contributed by atoms with Crippen LogP contribution >= 0.6 is 0 Å². The number of carboxylic acids is 1. The Balaban J connectivity index is 2.09. The lowest BCUT2D eigenvalue weighted by atomic mass is 9.93. The van der Waals surface area contributed by atoms with Crippen LogP contribution in [0.2, 0.25) is 0 Å². The van der Waals surface area contributed by atoms with Gasteiger partial charge in [-0.15, -0.1) is 0 Å². The average Bonchev–Trinajstić information content (AvgIpc) is 2.83. The SMILES string of the molecule is Cn1nc(C(=O)[O-])c2c1-c1nc(OS(=O)(=O)C(F)(F)F)ncc1CC2. The zero-order chi connectivity index (χ0) is 18.6. The van der Waals surface area contributed by atoms with Gasteiger partial charge in [-0.25, -0.2) is 4.98 Å². The molecule has 2 aromatic rings. The molecule has 0 spiro atoms. The van der Waals surface area contributed by atoms with E-state index in [1.807, 2.05) is 0 Å². The Bertz CT molecular complexity index is 983. The highest BCUT2D eigenvalue weighted by Crippen LogP contribution is 2.34. The molecule has 0 saturated carbocycles. The van der Waals surface area contributed by atoms with Crippen molar-refractivity contribution in [1.29, 1.82) is 0 Å². The number of alkyl halides is 3. The van der Waals surface area contributed by atoms with E-state index < -0.39 is 27.6 Å². The summed E-state index contributed by atoms with van der Waals surface area (Å²) < 4.78 is 64.4. The minimum atomic E-state index is -5.92. The number of rotatable bonds is 3. The highest BCUT2D eigenvalue weighted by molar-refractivity contribution is 7.87. The predicted molar refractivity (Wildman–Crippen MR) is 71.6 cm³/mol. The third-order valence-corrected chi connectivity index (χ3v) is 4.45. The maximum absolute atomic E-state index is 12.4. The van der Waals surface area contributed by atoms with E-state index in [0.717, 1.165) is 6.20 Å². The molecule has 1 aliphatic carbocycles. The molecule has 134 valence electrons. The predicted octanol–water partition coefficient (Wildman–Crippen LogP) is -0.432. The summed E-state index contributed by atoms with van der Waals surface area (Å²) in [6.45, 7) is 0. The molecule has 25 heavy (non-hydrogen) atoms. The van der Waals surface area contributed by atoms with Gasteiger partial charge in [0.2, 0.25) is 0 Å². The van der Waals surface area contributed by atoms with Gasteiger partial charge in [-0.3, -0.25) is 4.68 Å². The zero-order valence-corrected chi connectivity index (χ0v) is 13.2. The number of aromatic nitrogens is 4. The number of aryl methyl sites for hydroxylation is 2. The molecular weight excluding hydrogens is 369 g/mol. The van der Waals surface area contributed by atoms with Crippen LogP contribution in [0.4, 0.5) is 13.2 Å². The van der Waals surface area contributed by atoms with Crippen molar-refractivity contribution < 1.29 is 35.7 Å². The smallest absolute Gasteiger partial charge is 0.534 e. The quantitative estimate of drug-likeness (QED) is 0.521. The van der Waals surface area contributed by atoms with E-state index in [0.29, 0.717) is 17.5 Å². The molecule has 0 radical (unpaired) electrons. The second-order valence-electron chi connectivity index (χ2n) is 5.10. The average molecular weight is 377 g/mol. The number of nitrogens with zero attached hydrogens (tertiary/aromatic N) is 4. The largest absolute Gasteiger partial charge is 0.543 e. The lowest BCUT2D eigenvalue weighted by Gasteiger charge is -2.17. The lowest BCUT2D eigenvalue weighted by molar-refractivity contribution is -0.255. The van der Waals surface area contributed by atoms with Crippen LogP contribution in [0.1, 0.15) is 21.6 Å². The molecule has 0 saturated heterocycles. The summed E-state index contributed by atoms with van der Waals surface area (Å²) in [7, 11) is -4.51. The van der Waals surface area contributed by atoms with Crippen LogP contribution in [0.25, 0.3) is 11.4 Å². The number of hydrogen-bond donors (Lipinski definition) is 0. The van der Waals surface area contributed by atoms with Gasteiger partial charge >= 0.3 is 21.6 Å². The van der Waals surface area contributed by atoms with Gasteiger partial charge in [0.15, 0.2) is 0 Å². The number of hydrogen-bond acceptors (Lipinski definition) is 8.